The molecule has 27 heavy (non-hydrogen) atoms. The Morgan fingerprint density at radius 1 is 1.33 bits per heavy atom. The van der Waals surface area contributed by atoms with E-state index in [1.54, 1.807) is 0 Å². The first-order chi connectivity index (χ1) is 12.9. The Kier molecular flexibility index (Phi) is 5.25. The fourth-order valence-corrected chi connectivity index (χ4v) is 3.57. The van der Waals surface area contributed by atoms with Crippen molar-refractivity contribution in [1.29, 1.82) is 0 Å². The first-order valence-electron chi connectivity index (χ1n) is 8.78. The Hall–Kier alpha value is -3.16. The van der Waals surface area contributed by atoms with Gasteiger partial charge in [0.05, 0.1) is 0 Å². The van der Waals surface area contributed by atoms with E-state index < -0.39 is 29.2 Å². The highest BCUT2D eigenvalue weighted by molar-refractivity contribution is 5.96. The number of rotatable bonds is 5. The number of aryl methyl sites for hydroxylation is 1. The van der Waals surface area contributed by atoms with Crippen molar-refractivity contribution in [2.75, 3.05) is 0 Å². The summed E-state index contributed by atoms with van der Waals surface area (Å²) in [4.78, 5) is 49.9. The van der Waals surface area contributed by atoms with Crippen LogP contribution in [0.1, 0.15) is 46.7 Å². The molecule has 8 nitrogen and oxygen atoms in total. The second-order valence-corrected chi connectivity index (χ2v) is 6.76. The van der Waals surface area contributed by atoms with Crippen LogP contribution in [0.4, 0.5) is 0 Å². The number of hydrogen-bond acceptors (Lipinski definition) is 4. The number of aromatic amines is 1. The van der Waals surface area contributed by atoms with Crippen molar-refractivity contribution >= 4 is 11.9 Å². The van der Waals surface area contributed by atoms with Crippen molar-refractivity contribution in [2.24, 2.45) is 7.05 Å². The van der Waals surface area contributed by atoms with Crippen molar-refractivity contribution in [3.05, 3.63) is 68.0 Å². The highest BCUT2D eigenvalue weighted by Crippen LogP contribution is 2.34. The summed E-state index contributed by atoms with van der Waals surface area (Å²) in [7, 11) is 1.24. The van der Waals surface area contributed by atoms with Crippen LogP contribution < -0.4 is 16.6 Å². The number of carboxylic acid groups (broad SMARTS) is 1. The lowest BCUT2D eigenvalue weighted by atomic mass is 9.79. The van der Waals surface area contributed by atoms with Gasteiger partial charge in [0.25, 0.3) is 11.5 Å². The molecule has 1 aromatic carbocycles. The number of benzene rings is 1. The van der Waals surface area contributed by atoms with Crippen molar-refractivity contribution in [3.63, 3.8) is 0 Å². The number of aromatic nitrogens is 2. The maximum atomic E-state index is 12.4. The third-order valence-corrected chi connectivity index (χ3v) is 5.04. The van der Waals surface area contributed by atoms with Crippen molar-refractivity contribution in [2.45, 2.75) is 37.6 Å². The molecule has 1 amide bonds. The van der Waals surface area contributed by atoms with Gasteiger partial charge in [0.1, 0.15) is 11.6 Å². The lowest BCUT2D eigenvalue weighted by Gasteiger charge is -2.28. The van der Waals surface area contributed by atoms with Crippen molar-refractivity contribution < 1.29 is 14.7 Å². The number of fused-ring (bicyclic) bond motifs is 1. The molecule has 142 valence electrons. The molecule has 0 aliphatic heterocycles. The van der Waals surface area contributed by atoms with Gasteiger partial charge in [-0.15, -0.1) is 0 Å². The number of amides is 1. The number of carbonyl (C=O) groups is 2. The summed E-state index contributed by atoms with van der Waals surface area (Å²) in [6, 6.07) is 6.79. The minimum Gasteiger partial charge on any atom is -0.480 e. The van der Waals surface area contributed by atoms with Gasteiger partial charge in [0.2, 0.25) is 0 Å². The molecule has 2 aromatic rings. The van der Waals surface area contributed by atoms with E-state index in [2.05, 4.69) is 10.3 Å². The van der Waals surface area contributed by atoms with Gasteiger partial charge >= 0.3 is 11.7 Å². The summed E-state index contributed by atoms with van der Waals surface area (Å²) < 4.78 is 0.766. The average molecular weight is 371 g/mol. The summed E-state index contributed by atoms with van der Waals surface area (Å²) in [6.07, 6.45) is 4.01. The zero-order valence-electron chi connectivity index (χ0n) is 14.9. The molecule has 1 aliphatic rings. The number of carbonyl (C=O) groups excluding carboxylic acids is 1. The Bertz CT molecular complexity index is 991. The van der Waals surface area contributed by atoms with Crippen LogP contribution in [0.5, 0.6) is 0 Å². The van der Waals surface area contributed by atoms with E-state index >= 15 is 0 Å². The predicted octanol–water partition coefficient (Wildman–Crippen LogP) is 0.767. The van der Waals surface area contributed by atoms with Gasteiger partial charge in [0.15, 0.2) is 0 Å². The summed E-state index contributed by atoms with van der Waals surface area (Å²) in [5.74, 6) is -1.95. The number of aliphatic carboxylic acids is 1. The Morgan fingerprint density at radius 3 is 2.81 bits per heavy atom. The summed E-state index contributed by atoms with van der Waals surface area (Å²) in [5, 5.41) is 12.0. The van der Waals surface area contributed by atoms with Crippen LogP contribution in [-0.2, 0) is 18.3 Å². The quantitative estimate of drug-likeness (QED) is 0.717. The first-order valence-corrected chi connectivity index (χ1v) is 8.78. The molecule has 3 N–H and O–H groups in total. The molecule has 2 unspecified atom stereocenters. The zero-order chi connectivity index (χ0) is 19.6. The molecule has 0 bridgehead atoms. The van der Waals surface area contributed by atoms with Gasteiger partial charge in [0, 0.05) is 13.2 Å². The number of nitrogens with one attached hydrogen (secondary N) is 2. The van der Waals surface area contributed by atoms with Crippen LogP contribution >= 0.6 is 0 Å². The molecular weight excluding hydrogens is 350 g/mol. The Balaban J connectivity index is 1.81. The van der Waals surface area contributed by atoms with Gasteiger partial charge in [-0.25, -0.2) is 9.59 Å². The molecular formula is C19H21N3O5. The van der Waals surface area contributed by atoms with Crippen molar-refractivity contribution in [3.8, 4) is 0 Å². The number of hydrogen-bond donors (Lipinski definition) is 3. The summed E-state index contributed by atoms with van der Waals surface area (Å²) >= 11 is 0. The second-order valence-electron chi connectivity index (χ2n) is 6.76. The van der Waals surface area contributed by atoms with Crippen LogP contribution in [-0.4, -0.2) is 32.6 Å². The smallest absolute Gasteiger partial charge is 0.328 e. The minimum absolute atomic E-state index is 0.0229. The van der Waals surface area contributed by atoms with Gasteiger partial charge in [-0.05, 0) is 42.7 Å². The molecule has 1 aromatic heterocycles. The van der Waals surface area contributed by atoms with E-state index in [4.69, 9.17) is 0 Å². The SMILES string of the molecule is Cn1c(=O)[nH]cc(C(=O)NC(CC2CCCc3ccccc32)C(=O)O)c1=O. The topological polar surface area (TPSA) is 121 Å². The van der Waals surface area contributed by atoms with Crippen LogP contribution in [0, 0.1) is 0 Å². The Morgan fingerprint density at radius 2 is 2.07 bits per heavy atom. The monoisotopic (exact) mass is 371 g/mol. The van der Waals surface area contributed by atoms with Gasteiger partial charge in [-0.1, -0.05) is 24.3 Å². The van der Waals surface area contributed by atoms with Crippen LogP contribution in [0.2, 0.25) is 0 Å². The number of H-pyrrole nitrogens is 1. The van der Waals surface area contributed by atoms with E-state index in [0.29, 0.717) is 0 Å². The van der Waals surface area contributed by atoms with Crippen LogP contribution in [0.15, 0.2) is 40.1 Å². The highest BCUT2D eigenvalue weighted by atomic mass is 16.4. The van der Waals surface area contributed by atoms with Crippen LogP contribution in [0.25, 0.3) is 0 Å². The molecule has 8 heteroatoms. The summed E-state index contributed by atoms with van der Waals surface area (Å²) in [6.45, 7) is 0. The molecule has 0 saturated heterocycles. The normalized spacial score (nSPS) is 17.0. The maximum absolute atomic E-state index is 12.4. The molecule has 0 radical (unpaired) electrons. The molecule has 0 spiro atoms. The van der Waals surface area contributed by atoms with E-state index in [-0.39, 0.29) is 17.9 Å². The molecule has 2 atom stereocenters. The minimum atomic E-state index is -1.16. The number of nitrogens with zero attached hydrogens (tertiary/aromatic N) is 1. The lowest BCUT2D eigenvalue weighted by Crippen LogP contribution is -2.45. The Labute approximate surface area is 154 Å². The van der Waals surface area contributed by atoms with Gasteiger partial charge < -0.3 is 15.4 Å². The predicted molar refractivity (Wildman–Crippen MR) is 97.9 cm³/mol. The second kappa shape index (κ2) is 7.61. The van der Waals surface area contributed by atoms with Gasteiger partial charge in [-0.3, -0.25) is 14.2 Å². The highest BCUT2D eigenvalue weighted by Gasteiger charge is 2.29. The molecule has 0 saturated carbocycles. The molecule has 0 fully saturated rings. The summed E-state index contributed by atoms with van der Waals surface area (Å²) in [5.41, 5.74) is 0.601. The molecule has 1 aliphatic carbocycles. The van der Waals surface area contributed by atoms with E-state index in [1.807, 2.05) is 24.3 Å². The van der Waals surface area contributed by atoms with E-state index in [1.165, 1.54) is 12.6 Å². The fraction of sp³-hybridized carbons (Fsp3) is 0.368. The first kappa shape index (κ1) is 18.6. The molecule has 1 heterocycles. The lowest BCUT2D eigenvalue weighted by molar-refractivity contribution is -0.139. The third kappa shape index (κ3) is 3.84. The molecule has 3 rings (SSSR count). The largest absolute Gasteiger partial charge is 0.480 e. The van der Waals surface area contributed by atoms with Gasteiger partial charge in [-0.2, -0.15) is 0 Å². The third-order valence-electron chi connectivity index (χ3n) is 5.04. The maximum Gasteiger partial charge on any atom is 0.328 e. The fourth-order valence-electron chi connectivity index (χ4n) is 3.57. The number of carboxylic acids is 1. The standard InChI is InChI=1S/C19H21N3O5/c1-22-17(24)14(10-20-19(22)27)16(23)21-15(18(25)26)9-12-7-4-6-11-5-2-3-8-13(11)12/h2-3,5,8,10,12,15H,4,6-7,9H2,1H3,(H,20,27)(H,21,23)(H,25,26). The van der Waals surface area contributed by atoms with Crippen LogP contribution in [0.3, 0.4) is 0 Å². The van der Waals surface area contributed by atoms with E-state index in [0.717, 1.165) is 35.6 Å². The zero-order valence-corrected chi connectivity index (χ0v) is 14.9. The van der Waals surface area contributed by atoms with E-state index in [9.17, 15) is 24.3 Å². The average Bonchev–Trinajstić information content (AvgIpc) is 2.65. The van der Waals surface area contributed by atoms with Crippen molar-refractivity contribution in [1.82, 2.24) is 14.9 Å².